The lowest BCUT2D eigenvalue weighted by Gasteiger charge is -2.06. The number of aryl methyl sites for hydroxylation is 2. The number of amides is 2. The van der Waals surface area contributed by atoms with Crippen molar-refractivity contribution in [3.63, 3.8) is 0 Å². The Balaban J connectivity index is 2.10. The molecule has 0 atom stereocenters. The number of benzene rings is 1. The average molecular weight is 301 g/mol. The van der Waals surface area contributed by atoms with Crippen LogP contribution in [0.1, 0.15) is 24.1 Å². The van der Waals surface area contributed by atoms with Gasteiger partial charge in [-0.25, -0.2) is 9.67 Å². The summed E-state index contributed by atoms with van der Waals surface area (Å²) in [7, 11) is 0. The second kappa shape index (κ2) is 7.35. The Hall–Kier alpha value is -2.70. The lowest BCUT2D eigenvalue weighted by Crippen LogP contribution is -2.22. The number of nitrogens with two attached hydrogens (primary N) is 1. The van der Waals surface area contributed by atoms with Crippen LogP contribution in [0.25, 0.3) is 0 Å². The topological polar surface area (TPSA) is 103 Å². The van der Waals surface area contributed by atoms with Crippen LogP contribution < -0.4 is 11.1 Å². The van der Waals surface area contributed by atoms with E-state index in [1.165, 1.54) is 12.5 Å². The largest absolute Gasteiger partial charge is 0.369 e. The van der Waals surface area contributed by atoms with Gasteiger partial charge in [-0.1, -0.05) is 30.3 Å². The van der Waals surface area contributed by atoms with Gasteiger partial charge in [0.05, 0.1) is 13.0 Å². The molecule has 1 aromatic heterocycles. The second-order valence-corrected chi connectivity index (χ2v) is 4.96. The van der Waals surface area contributed by atoms with E-state index in [1.807, 2.05) is 30.3 Å². The molecule has 2 rings (SSSR count). The van der Waals surface area contributed by atoms with Crippen molar-refractivity contribution in [1.29, 1.82) is 0 Å². The zero-order chi connectivity index (χ0) is 15.9. The van der Waals surface area contributed by atoms with Gasteiger partial charge in [-0.3, -0.25) is 9.59 Å². The maximum atomic E-state index is 11.0. The van der Waals surface area contributed by atoms with Crippen LogP contribution in [0.2, 0.25) is 0 Å². The van der Waals surface area contributed by atoms with Gasteiger partial charge in [-0.05, 0) is 12.0 Å². The molecule has 22 heavy (non-hydrogen) atoms. The van der Waals surface area contributed by atoms with E-state index in [1.54, 1.807) is 4.68 Å². The van der Waals surface area contributed by atoms with Crippen LogP contribution in [-0.4, -0.2) is 26.6 Å². The number of nitrogens with zero attached hydrogens (tertiary/aromatic N) is 3. The van der Waals surface area contributed by atoms with Crippen LogP contribution in [0.4, 0.5) is 0 Å². The molecule has 2 amide bonds. The van der Waals surface area contributed by atoms with Crippen LogP contribution in [0.3, 0.4) is 0 Å². The zero-order valence-corrected chi connectivity index (χ0v) is 12.5. The summed E-state index contributed by atoms with van der Waals surface area (Å²) in [5, 5.41) is 6.99. The summed E-state index contributed by atoms with van der Waals surface area (Å²) in [6.45, 7) is 2.33. The number of hydrogen-bond acceptors (Lipinski definition) is 4. The molecule has 0 radical (unpaired) electrons. The highest BCUT2D eigenvalue weighted by atomic mass is 16.1. The van der Waals surface area contributed by atoms with Crippen molar-refractivity contribution in [1.82, 2.24) is 20.1 Å². The molecule has 0 saturated heterocycles. The van der Waals surface area contributed by atoms with E-state index in [-0.39, 0.29) is 18.9 Å². The molecule has 0 aliphatic heterocycles. The number of rotatable bonds is 7. The Morgan fingerprint density at radius 2 is 2.00 bits per heavy atom. The Labute approximate surface area is 128 Å². The van der Waals surface area contributed by atoms with Crippen LogP contribution >= 0.6 is 0 Å². The predicted molar refractivity (Wildman–Crippen MR) is 80.6 cm³/mol. The molecule has 0 aliphatic carbocycles. The Bertz CT molecular complexity index is 651. The van der Waals surface area contributed by atoms with Gasteiger partial charge in [0, 0.05) is 13.5 Å². The normalized spacial score (nSPS) is 10.4. The lowest BCUT2D eigenvalue weighted by molar-refractivity contribution is -0.119. The van der Waals surface area contributed by atoms with E-state index in [2.05, 4.69) is 15.4 Å². The minimum absolute atomic E-state index is 0.00852. The van der Waals surface area contributed by atoms with E-state index in [4.69, 9.17) is 5.73 Å². The minimum Gasteiger partial charge on any atom is -0.369 e. The predicted octanol–water partition coefficient (Wildman–Crippen LogP) is 0.185. The number of hydrogen-bond donors (Lipinski definition) is 2. The van der Waals surface area contributed by atoms with Crippen molar-refractivity contribution in [2.45, 2.75) is 32.9 Å². The number of carbonyl (C=O) groups excluding carboxylic acids is 2. The first-order valence-electron chi connectivity index (χ1n) is 7.04. The van der Waals surface area contributed by atoms with Crippen molar-refractivity contribution in [2.24, 2.45) is 5.73 Å². The van der Waals surface area contributed by atoms with Gasteiger partial charge in [0.15, 0.2) is 5.82 Å². The van der Waals surface area contributed by atoms with Crippen molar-refractivity contribution >= 4 is 11.8 Å². The van der Waals surface area contributed by atoms with Crippen LogP contribution in [0.15, 0.2) is 30.3 Å². The van der Waals surface area contributed by atoms with E-state index >= 15 is 0 Å². The van der Waals surface area contributed by atoms with Gasteiger partial charge < -0.3 is 11.1 Å². The molecule has 0 aliphatic rings. The standard InChI is InChI=1S/C15H19N5O2/c1-11(21)17-10-15-18-14(9-13(16)22)19-20(15)8-7-12-5-3-2-4-6-12/h2-6H,7-10H2,1H3,(H2,16,22)(H,17,21). The molecule has 1 aromatic carbocycles. The first kappa shape index (κ1) is 15.7. The molecule has 0 bridgehead atoms. The molecular formula is C15H19N5O2. The molecule has 2 aromatic rings. The summed E-state index contributed by atoms with van der Waals surface area (Å²) in [5.41, 5.74) is 6.35. The van der Waals surface area contributed by atoms with Gasteiger partial charge in [-0.2, -0.15) is 5.10 Å². The van der Waals surface area contributed by atoms with Gasteiger partial charge in [0.2, 0.25) is 11.8 Å². The average Bonchev–Trinajstić information content (AvgIpc) is 2.85. The lowest BCUT2D eigenvalue weighted by atomic mass is 10.1. The van der Waals surface area contributed by atoms with E-state index in [9.17, 15) is 9.59 Å². The Morgan fingerprint density at radius 3 is 2.64 bits per heavy atom. The SMILES string of the molecule is CC(=O)NCc1nc(CC(N)=O)nn1CCc1ccccc1. The first-order chi connectivity index (χ1) is 10.5. The summed E-state index contributed by atoms with van der Waals surface area (Å²) < 4.78 is 1.71. The van der Waals surface area contributed by atoms with Gasteiger partial charge >= 0.3 is 0 Å². The van der Waals surface area contributed by atoms with E-state index < -0.39 is 5.91 Å². The molecule has 116 valence electrons. The summed E-state index contributed by atoms with van der Waals surface area (Å²) >= 11 is 0. The Morgan fingerprint density at radius 1 is 1.27 bits per heavy atom. The Kier molecular flexibility index (Phi) is 5.24. The van der Waals surface area contributed by atoms with Crippen molar-refractivity contribution < 1.29 is 9.59 Å². The van der Waals surface area contributed by atoms with E-state index in [0.29, 0.717) is 18.2 Å². The maximum Gasteiger partial charge on any atom is 0.225 e. The molecule has 0 fully saturated rings. The molecule has 0 spiro atoms. The molecule has 7 nitrogen and oxygen atoms in total. The van der Waals surface area contributed by atoms with Crippen molar-refractivity contribution in [2.75, 3.05) is 0 Å². The third-order valence-electron chi connectivity index (χ3n) is 3.08. The monoisotopic (exact) mass is 301 g/mol. The van der Waals surface area contributed by atoms with Crippen LogP contribution in [-0.2, 0) is 35.5 Å². The molecule has 0 saturated carbocycles. The fourth-order valence-corrected chi connectivity index (χ4v) is 2.05. The molecule has 0 unspecified atom stereocenters. The van der Waals surface area contributed by atoms with Crippen molar-refractivity contribution in [3.8, 4) is 0 Å². The zero-order valence-electron chi connectivity index (χ0n) is 12.5. The van der Waals surface area contributed by atoms with E-state index in [0.717, 1.165) is 6.42 Å². The third-order valence-corrected chi connectivity index (χ3v) is 3.08. The second-order valence-electron chi connectivity index (χ2n) is 4.96. The third kappa shape index (κ3) is 4.69. The van der Waals surface area contributed by atoms with Crippen LogP contribution in [0, 0.1) is 0 Å². The number of nitrogens with one attached hydrogen (secondary N) is 1. The van der Waals surface area contributed by atoms with Gasteiger partial charge in [0.25, 0.3) is 0 Å². The fraction of sp³-hybridized carbons (Fsp3) is 0.333. The number of aromatic nitrogens is 3. The smallest absolute Gasteiger partial charge is 0.225 e. The summed E-state index contributed by atoms with van der Waals surface area (Å²) in [4.78, 5) is 26.3. The fourth-order valence-electron chi connectivity index (χ4n) is 2.05. The number of primary amides is 1. The van der Waals surface area contributed by atoms with Crippen LogP contribution in [0.5, 0.6) is 0 Å². The highest BCUT2D eigenvalue weighted by Gasteiger charge is 2.12. The quantitative estimate of drug-likeness (QED) is 0.761. The number of carbonyl (C=O) groups is 2. The first-order valence-corrected chi connectivity index (χ1v) is 7.04. The summed E-state index contributed by atoms with van der Waals surface area (Å²) in [5.74, 6) is 0.364. The molecular weight excluding hydrogens is 282 g/mol. The maximum absolute atomic E-state index is 11.0. The molecule has 3 N–H and O–H groups in total. The summed E-state index contributed by atoms with van der Waals surface area (Å²) in [6, 6.07) is 10.00. The van der Waals surface area contributed by atoms with Gasteiger partial charge in [-0.15, -0.1) is 0 Å². The molecule has 1 heterocycles. The highest BCUT2D eigenvalue weighted by molar-refractivity contribution is 5.75. The van der Waals surface area contributed by atoms with Crippen molar-refractivity contribution in [3.05, 3.63) is 47.5 Å². The minimum atomic E-state index is -0.480. The van der Waals surface area contributed by atoms with Gasteiger partial charge in [0.1, 0.15) is 5.82 Å². The summed E-state index contributed by atoms with van der Waals surface area (Å²) in [6.07, 6.45) is 0.776. The highest BCUT2D eigenvalue weighted by Crippen LogP contribution is 2.05. The molecule has 7 heteroatoms.